The Bertz CT molecular complexity index is 846. The third kappa shape index (κ3) is 4.30. The molecule has 1 amide bonds. The fourth-order valence-electron chi connectivity index (χ4n) is 3.34. The number of rotatable bonds is 5. The van der Waals surface area contributed by atoms with Crippen molar-refractivity contribution in [2.24, 2.45) is 0 Å². The van der Waals surface area contributed by atoms with Crippen LogP contribution in [0.3, 0.4) is 0 Å². The van der Waals surface area contributed by atoms with E-state index in [1.165, 1.54) is 12.7 Å². The molecule has 5 nitrogen and oxygen atoms in total. The molecule has 0 saturated carbocycles. The minimum absolute atomic E-state index is 0.108. The van der Waals surface area contributed by atoms with Crippen LogP contribution >= 0.6 is 0 Å². The average Bonchev–Trinajstić information content (AvgIpc) is 2.69. The van der Waals surface area contributed by atoms with Crippen LogP contribution in [0.2, 0.25) is 0 Å². The molecule has 1 aliphatic rings. The largest absolute Gasteiger partial charge is 0.493 e. The number of amides is 1. The van der Waals surface area contributed by atoms with Crippen LogP contribution < -0.4 is 4.74 Å². The maximum Gasteiger partial charge on any atom is 0.328 e. The number of esters is 1. The molecular weight excluding hydrogens is 342 g/mol. The van der Waals surface area contributed by atoms with Crippen molar-refractivity contribution in [3.63, 3.8) is 0 Å². The highest BCUT2D eigenvalue weighted by Gasteiger charge is 2.34. The van der Waals surface area contributed by atoms with Crippen LogP contribution in [0.5, 0.6) is 5.75 Å². The summed E-state index contributed by atoms with van der Waals surface area (Å²) in [6.45, 7) is 4.76. The summed E-state index contributed by atoms with van der Waals surface area (Å²) >= 11 is 0. The smallest absolute Gasteiger partial charge is 0.328 e. The second-order valence-corrected chi connectivity index (χ2v) is 6.88. The van der Waals surface area contributed by atoms with E-state index < -0.39 is 6.04 Å². The minimum Gasteiger partial charge on any atom is -0.493 e. The van der Waals surface area contributed by atoms with E-state index in [1.807, 2.05) is 56.3 Å². The monoisotopic (exact) mass is 367 g/mol. The first-order chi connectivity index (χ1) is 13.0. The molecule has 2 aromatic rings. The molecule has 0 saturated heterocycles. The predicted molar refractivity (Wildman–Crippen MR) is 103 cm³/mol. The van der Waals surface area contributed by atoms with Gasteiger partial charge in [-0.05, 0) is 48.2 Å². The molecule has 1 heterocycles. The van der Waals surface area contributed by atoms with Gasteiger partial charge in [-0.2, -0.15) is 0 Å². The molecule has 27 heavy (non-hydrogen) atoms. The van der Waals surface area contributed by atoms with Crippen LogP contribution in [0.15, 0.2) is 42.5 Å². The molecule has 0 spiro atoms. The molecule has 0 bridgehead atoms. The topological polar surface area (TPSA) is 55.8 Å². The molecule has 0 N–H and O–H groups in total. The minimum atomic E-state index is -0.584. The molecule has 1 aliphatic heterocycles. The number of ether oxygens (including phenoxy) is 2. The van der Waals surface area contributed by atoms with Gasteiger partial charge in [0, 0.05) is 13.0 Å². The van der Waals surface area contributed by atoms with Gasteiger partial charge in [0.2, 0.25) is 5.91 Å². The maximum atomic E-state index is 12.8. The lowest BCUT2D eigenvalue weighted by Crippen LogP contribution is -2.49. The standard InChI is InChI=1S/C22H25NO4/c1-15-8-9-19(12-16(15)2)27-11-10-21(24)23-14-18-7-5-4-6-17(18)13-20(23)22(25)26-3/h4-9,12,20H,10-11,13-14H2,1-3H3. The second kappa shape index (κ2) is 8.25. The molecule has 0 fully saturated rings. The van der Waals surface area contributed by atoms with Gasteiger partial charge in [-0.25, -0.2) is 4.79 Å². The third-order valence-electron chi connectivity index (χ3n) is 5.11. The highest BCUT2D eigenvalue weighted by Crippen LogP contribution is 2.25. The Morgan fingerprint density at radius 1 is 1.07 bits per heavy atom. The Balaban J connectivity index is 1.66. The Labute approximate surface area is 159 Å². The van der Waals surface area contributed by atoms with E-state index in [4.69, 9.17) is 9.47 Å². The van der Waals surface area contributed by atoms with E-state index in [1.54, 1.807) is 4.90 Å². The SMILES string of the molecule is COC(=O)C1Cc2ccccc2CN1C(=O)CCOc1ccc(C)c(C)c1. The molecule has 1 atom stereocenters. The summed E-state index contributed by atoms with van der Waals surface area (Å²) in [7, 11) is 1.36. The van der Waals surface area contributed by atoms with Crippen LogP contribution in [0.4, 0.5) is 0 Å². The van der Waals surface area contributed by atoms with Crippen molar-refractivity contribution >= 4 is 11.9 Å². The molecule has 2 aromatic carbocycles. The first kappa shape index (κ1) is 19.0. The van der Waals surface area contributed by atoms with Gasteiger partial charge in [-0.1, -0.05) is 30.3 Å². The Kier molecular flexibility index (Phi) is 5.79. The van der Waals surface area contributed by atoms with E-state index in [2.05, 4.69) is 0 Å². The zero-order valence-corrected chi connectivity index (χ0v) is 16.0. The van der Waals surface area contributed by atoms with Gasteiger partial charge in [-0.15, -0.1) is 0 Å². The zero-order valence-electron chi connectivity index (χ0n) is 16.0. The Morgan fingerprint density at radius 2 is 1.81 bits per heavy atom. The summed E-state index contributed by atoms with van der Waals surface area (Å²) in [4.78, 5) is 26.6. The van der Waals surface area contributed by atoms with Crippen molar-refractivity contribution in [1.82, 2.24) is 4.90 Å². The van der Waals surface area contributed by atoms with E-state index in [9.17, 15) is 9.59 Å². The van der Waals surface area contributed by atoms with Gasteiger partial charge in [0.05, 0.1) is 20.1 Å². The molecule has 3 rings (SSSR count). The van der Waals surface area contributed by atoms with E-state index in [-0.39, 0.29) is 24.9 Å². The van der Waals surface area contributed by atoms with Gasteiger partial charge in [0.15, 0.2) is 0 Å². The average molecular weight is 367 g/mol. The van der Waals surface area contributed by atoms with Crippen LogP contribution in [0.1, 0.15) is 28.7 Å². The molecule has 0 aliphatic carbocycles. The first-order valence-electron chi connectivity index (χ1n) is 9.13. The maximum absolute atomic E-state index is 12.8. The summed E-state index contributed by atoms with van der Waals surface area (Å²) in [6, 6.07) is 13.2. The summed E-state index contributed by atoms with van der Waals surface area (Å²) in [6.07, 6.45) is 0.690. The van der Waals surface area contributed by atoms with E-state index in [0.29, 0.717) is 13.0 Å². The van der Waals surface area contributed by atoms with Crippen LogP contribution in [0, 0.1) is 13.8 Å². The van der Waals surface area contributed by atoms with Crippen molar-refractivity contribution in [1.29, 1.82) is 0 Å². The van der Waals surface area contributed by atoms with Gasteiger partial charge in [0.25, 0.3) is 0 Å². The van der Waals surface area contributed by atoms with Crippen LogP contribution in [0.25, 0.3) is 0 Å². The summed E-state index contributed by atoms with van der Waals surface area (Å²) in [5.74, 6) is 0.260. The quantitative estimate of drug-likeness (QED) is 0.762. The van der Waals surface area contributed by atoms with Crippen molar-refractivity contribution in [3.8, 4) is 5.75 Å². The number of hydrogen-bond acceptors (Lipinski definition) is 4. The van der Waals surface area contributed by atoms with Crippen molar-refractivity contribution < 1.29 is 19.1 Å². The molecule has 0 radical (unpaired) electrons. The number of carbonyl (C=O) groups excluding carboxylic acids is 2. The number of aryl methyl sites for hydroxylation is 2. The van der Waals surface area contributed by atoms with E-state index >= 15 is 0 Å². The first-order valence-corrected chi connectivity index (χ1v) is 9.13. The fourth-order valence-corrected chi connectivity index (χ4v) is 3.34. The zero-order chi connectivity index (χ0) is 19.4. The summed E-state index contributed by atoms with van der Waals surface area (Å²) in [5.41, 5.74) is 4.51. The lowest BCUT2D eigenvalue weighted by Gasteiger charge is -2.35. The fraction of sp³-hybridized carbons (Fsp3) is 0.364. The predicted octanol–water partition coefficient (Wildman–Crippen LogP) is 3.20. The number of carbonyl (C=O) groups is 2. The summed E-state index contributed by atoms with van der Waals surface area (Å²) < 4.78 is 10.7. The highest BCUT2D eigenvalue weighted by molar-refractivity contribution is 5.85. The molecular formula is C22H25NO4. The lowest BCUT2D eigenvalue weighted by atomic mass is 9.93. The van der Waals surface area contributed by atoms with Crippen LogP contribution in [-0.2, 0) is 27.3 Å². The van der Waals surface area contributed by atoms with Crippen molar-refractivity contribution in [3.05, 3.63) is 64.7 Å². The third-order valence-corrected chi connectivity index (χ3v) is 5.11. The lowest BCUT2D eigenvalue weighted by molar-refractivity contribution is -0.154. The van der Waals surface area contributed by atoms with Crippen molar-refractivity contribution in [2.75, 3.05) is 13.7 Å². The number of methoxy groups -OCH3 is 1. The van der Waals surface area contributed by atoms with Gasteiger partial charge in [-0.3, -0.25) is 4.79 Å². The number of benzene rings is 2. The molecule has 142 valence electrons. The second-order valence-electron chi connectivity index (χ2n) is 6.88. The molecule has 0 aromatic heterocycles. The van der Waals surface area contributed by atoms with Gasteiger partial charge < -0.3 is 14.4 Å². The van der Waals surface area contributed by atoms with Crippen molar-refractivity contribution in [2.45, 2.75) is 39.3 Å². The van der Waals surface area contributed by atoms with Crippen LogP contribution in [-0.4, -0.2) is 36.5 Å². The Hall–Kier alpha value is -2.82. The number of fused-ring (bicyclic) bond motifs is 1. The highest BCUT2D eigenvalue weighted by atomic mass is 16.5. The van der Waals surface area contributed by atoms with E-state index in [0.717, 1.165) is 22.4 Å². The number of nitrogens with zero attached hydrogens (tertiary/aromatic N) is 1. The Morgan fingerprint density at radius 3 is 2.52 bits per heavy atom. The molecule has 1 unspecified atom stereocenters. The van der Waals surface area contributed by atoms with Gasteiger partial charge in [0.1, 0.15) is 11.8 Å². The van der Waals surface area contributed by atoms with Gasteiger partial charge >= 0.3 is 5.97 Å². The number of hydrogen-bond donors (Lipinski definition) is 0. The summed E-state index contributed by atoms with van der Waals surface area (Å²) in [5, 5.41) is 0. The molecule has 5 heteroatoms. The normalized spacial score (nSPS) is 15.8.